The molecule has 0 heterocycles. The van der Waals surface area contributed by atoms with Gasteiger partial charge in [-0.25, -0.2) is 0 Å². The molecule has 1 amide bonds. The van der Waals surface area contributed by atoms with Crippen LogP contribution in [0.5, 0.6) is 11.5 Å². The second-order valence-corrected chi connectivity index (χ2v) is 6.22. The Morgan fingerprint density at radius 2 is 1.60 bits per heavy atom. The zero-order valence-electron chi connectivity index (χ0n) is 14.0. The molecule has 0 unspecified atom stereocenters. The van der Waals surface area contributed by atoms with Gasteiger partial charge >= 0.3 is 0 Å². The van der Waals surface area contributed by atoms with Crippen LogP contribution >= 0.6 is 15.9 Å². The molecular weight excluding hydrogens is 386 g/mol. The molecule has 1 N–H and O–H groups in total. The molecule has 0 fully saturated rings. The lowest BCUT2D eigenvalue weighted by Crippen LogP contribution is -2.28. The van der Waals surface area contributed by atoms with Crippen LogP contribution in [0.1, 0.15) is 23.2 Å². The van der Waals surface area contributed by atoms with Gasteiger partial charge in [0.1, 0.15) is 18.1 Å². The Balaban J connectivity index is 1.63. The Bertz CT molecular complexity index is 698. The van der Waals surface area contributed by atoms with Gasteiger partial charge < -0.3 is 14.8 Å². The molecule has 0 saturated carbocycles. The number of rotatable bonds is 9. The van der Waals surface area contributed by atoms with Crippen molar-refractivity contribution in [3.63, 3.8) is 0 Å². The van der Waals surface area contributed by atoms with Crippen molar-refractivity contribution in [2.45, 2.75) is 12.8 Å². The second kappa shape index (κ2) is 9.84. The van der Waals surface area contributed by atoms with Crippen molar-refractivity contribution in [1.29, 1.82) is 0 Å². The third-order valence-electron chi connectivity index (χ3n) is 3.50. The number of hydrogen-bond acceptors (Lipinski definition) is 4. The van der Waals surface area contributed by atoms with Crippen molar-refractivity contribution in [2.75, 3.05) is 20.3 Å². The van der Waals surface area contributed by atoms with E-state index in [1.54, 1.807) is 31.4 Å². The highest BCUT2D eigenvalue weighted by molar-refractivity contribution is 9.10. The molecule has 0 aromatic heterocycles. The topological polar surface area (TPSA) is 64.6 Å². The smallest absolute Gasteiger partial charge is 0.220 e. The summed E-state index contributed by atoms with van der Waals surface area (Å²) in [6, 6.07) is 14.3. The van der Waals surface area contributed by atoms with Gasteiger partial charge in [-0.05, 0) is 36.4 Å². The number of hydrogen-bond donors (Lipinski definition) is 1. The van der Waals surface area contributed by atoms with Gasteiger partial charge in [-0.15, -0.1) is 0 Å². The molecule has 5 nitrogen and oxygen atoms in total. The van der Waals surface area contributed by atoms with E-state index in [-0.39, 0.29) is 24.5 Å². The number of amides is 1. The molecule has 0 spiro atoms. The second-order valence-electron chi connectivity index (χ2n) is 5.30. The molecule has 0 saturated heterocycles. The van der Waals surface area contributed by atoms with Crippen LogP contribution in [0.15, 0.2) is 53.0 Å². The molecular formula is C19H20BrNO4. The van der Waals surface area contributed by atoms with Gasteiger partial charge in [-0.2, -0.15) is 0 Å². The van der Waals surface area contributed by atoms with Crippen molar-refractivity contribution >= 4 is 27.6 Å². The normalized spacial score (nSPS) is 10.2. The molecule has 0 bridgehead atoms. The summed E-state index contributed by atoms with van der Waals surface area (Å²) in [6.45, 7) is 0.746. The molecule has 2 aromatic carbocycles. The maximum absolute atomic E-state index is 12.0. The third-order valence-corrected chi connectivity index (χ3v) is 4.03. The number of nitrogens with one attached hydrogen (secondary N) is 1. The molecule has 2 rings (SSSR count). The fourth-order valence-electron chi connectivity index (χ4n) is 2.13. The van der Waals surface area contributed by atoms with E-state index >= 15 is 0 Å². The Morgan fingerprint density at radius 3 is 2.24 bits per heavy atom. The van der Waals surface area contributed by atoms with Gasteiger partial charge in [0.15, 0.2) is 5.78 Å². The average molecular weight is 406 g/mol. The standard InChI is InChI=1S/C19H20BrNO4/c1-24-16-6-8-17(9-7-16)25-13-12-21-19(23)11-10-18(22)14-2-4-15(20)5-3-14/h2-9H,10-13H2,1H3,(H,21,23). The van der Waals surface area contributed by atoms with E-state index in [1.807, 2.05) is 24.3 Å². The molecule has 2 aromatic rings. The molecule has 0 atom stereocenters. The summed E-state index contributed by atoms with van der Waals surface area (Å²) in [5, 5.41) is 2.74. The summed E-state index contributed by atoms with van der Waals surface area (Å²) in [5.74, 6) is 1.26. The summed E-state index contributed by atoms with van der Waals surface area (Å²) >= 11 is 3.32. The van der Waals surface area contributed by atoms with E-state index in [0.717, 1.165) is 10.2 Å². The maximum atomic E-state index is 12.0. The van der Waals surface area contributed by atoms with Crippen LogP contribution in [0.25, 0.3) is 0 Å². The number of ketones is 1. The van der Waals surface area contributed by atoms with Gasteiger partial charge in [0.2, 0.25) is 5.91 Å². The van der Waals surface area contributed by atoms with E-state index in [0.29, 0.717) is 24.5 Å². The number of carbonyl (C=O) groups is 2. The summed E-state index contributed by atoms with van der Waals surface area (Å²) in [6.07, 6.45) is 0.351. The number of ether oxygens (including phenoxy) is 2. The van der Waals surface area contributed by atoms with Crippen LogP contribution in [0, 0.1) is 0 Å². The lowest BCUT2D eigenvalue weighted by Gasteiger charge is -2.08. The summed E-state index contributed by atoms with van der Waals surface area (Å²) in [4.78, 5) is 23.8. The van der Waals surface area contributed by atoms with Crippen LogP contribution in [-0.4, -0.2) is 32.0 Å². The first-order valence-electron chi connectivity index (χ1n) is 7.91. The number of methoxy groups -OCH3 is 1. The SMILES string of the molecule is COc1ccc(OCCNC(=O)CCC(=O)c2ccc(Br)cc2)cc1. The molecule has 0 radical (unpaired) electrons. The number of halogens is 1. The number of benzene rings is 2. The van der Waals surface area contributed by atoms with Gasteiger partial charge in [-0.1, -0.05) is 28.1 Å². The van der Waals surface area contributed by atoms with Crippen molar-refractivity contribution in [3.8, 4) is 11.5 Å². The van der Waals surface area contributed by atoms with E-state index < -0.39 is 0 Å². The minimum absolute atomic E-state index is 0.0443. The van der Waals surface area contributed by atoms with Gasteiger partial charge in [0, 0.05) is 22.9 Å². The first-order valence-corrected chi connectivity index (χ1v) is 8.70. The maximum Gasteiger partial charge on any atom is 0.220 e. The largest absolute Gasteiger partial charge is 0.497 e. The summed E-state index contributed by atoms with van der Waals surface area (Å²) in [5.41, 5.74) is 0.610. The zero-order valence-corrected chi connectivity index (χ0v) is 15.5. The van der Waals surface area contributed by atoms with E-state index in [9.17, 15) is 9.59 Å². The van der Waals surface area contributed by atoms with Crippen LogP contribution in [0.2, 0.25) is 0 Å². The van der Waals surface area contributed by atoms with Crippen LogP contribution in [0.3, 0.4) is 0 Å². The minimum Gasteiger partial charge on any atom is -0.497 e. The highest BCUT2D eigenvalue weighted by Gasteiger charge is 2.09. The zero-order chi connectivity index (χ0) is 18.1. The molecule has 0 aliphatic carbocycles. The predicted molar refractivity (Wildman–Crippen MR) is 99.2 cm³/mol. The number of Topliss-reactive ketones (excluding diaryl/α,β-unsaturated/α-hetero) is 1. The Kier molecular flexibility index (Phi) is 7.47. The Morgan fingerprint density at radius 1 is 0.960 bits per heavy atom. The highest BCUT2D eigenvalue weighted by atomic mass is 79.9. The molecule has 6 heteroatoms. The molecule has 25 heavy (non-hydrogen) atoms. The predicted octanol–water partition coefficient (Wildman–Crippen LogP) is 3.62. The van der Waals surface area contributed by atoms with Crippen LogP contribution in [0.4, 0.5) is 0 Å². The molecule has 132 valence electrons. The van der Waals surface area contributed by atoms with Gasteiger partial charge in [0.25, 0.3) is 0 Å². The molecule has 0 aliphatic heterocycles. The average Bonchev–Trinajstić information content (AvgIpc) is 2.64. The van der Waals surface area contributed by atoms with Gasteiger partial charge in [-0.3, -0.25) is 9.59 Å². The Hall–Kier alpha value is -2.34. The van der Waals surface area contributed by atoms with Crippen LogP contribution in [-0.2, 0) is 4.79 Å². The quantitative estimate of drug-likeness (QED) is 0.511. The first kappa shape index (κ1) is 19.0. The van der Waals surface area contributed by atoms with Crippen molar-refractivity contribution in [2.24, 2.45) is 0 Å². The van der Waals surface area contributed by atoms with Crippen molar-refractivity contribution in [1.82, 2.24) is 5.32 Å². The van der Waals surface area contributed by atoms with E-state index in [4.69, 9.17) is 9.47 Å². The fraction of sp³-hybridized carbons (Fsp3) is 0.263. The summed E-state index contributed by atoms with van der Waals surface area (Å²) in [7, 11) is 1.60. The number of carbonyl (C=O) groups excluding carboxylic acids is 2. The Labute approximate surface area is 155 Å². The first-order chi connectivity index (χ1) is 12.1. The third kappa shape index (κ3) is 6.58. The highest BCUT2D eigenvalue weighted by Crippen LogP contribution is 2.16. The van der Waals surface area contributed by atoms with Crippen molar-refractivity contribution in [3.05, 3.63) is 58.6 Å². The monoisotopic (exact) mass is 405 g/mol. The van der Waals surface area contributed by atoms with Crippen LogP contribution < -0.4 is 14.8 Å². The van der Waals surface area contributed by atoms with E-state index in [2.05, 4.69) is 21.2 Å². The molecule has 0 aliphatic rings. The van der Waals surface area contributed by atoms with Crippen molar-refractivity contribution < 1.29 is 19.1 Å². The fourth-order valence-corrected chi connectivity index (χ4v) is 2.39. The summed E-state index contributed by atoms with van der Waals surface area (Å²) < 4.78 is 11.5. The lowest BCUT2D eigenvalue weighted by atomic mass is 10.1. The van der Waals surface area contributed by atoms with Gasteiger partial charge in [0.05, 0.1) is 13.7 Å². The lowest BCUT2D eigenvalue weighted by molar-refractivity contribution is -0.121. The minimum atomic E-state index is -0.163. The van der Waals surface area contributed by atoms with E-state index in [1.165, 1.54) is 0 Å².